The minimum Gasteiger partial charge on any atom is -0.273 e. The molecule has 0 aliphatic heterocycles. The Hall–Kier alpha value is -3.65. The lowest BCUT2D eigenvalue weighted by molar-refractivity contribution is 0.556. The zero-order valence-electron chi connectivity index (χ0n) is 14.7. The van der Waals surface area contributed by atoms with Crippen molar-refractivity contribution in [3.8, 4) is 22.3 Å². The predicted octanol–water partition coefficient (Wildman–Crippen LogP) is 6.23. The van der Waals surface area contributed by atoms with Crippen LogP contribution in [0.4, 0.5) is 11.4 Å². The molecule has 4 rings (SSSR count). The van der Waals surface area contributed by atoms with Gasteiger partial charge in [0.1, 0.15) is 0 Å². The number of hydrogen-bond donors (Lipinski definition) is 0. The zero-order chi connectivity index (χ0) is 18.5. The average molecular weight is 348 g/mol. The number of nitrogens with zero attached hydrogens (tertiary/aromatic N) is 1. The average Bonchev–Trinajstić information content (AvgIpc) is 2.76. The maximum absolute atomic E-state index is 11.8. The van der Waals surface area contributed by atoms with Crippen molar-refractivity contribution >= 4 is 17.8 Å². The Kier molecular flexibility index (Phi) is 4.80. The van der Waals surface area contributed by atoms with Gasteiger partial charge in [-0.15, -0.1) is 0 Å². The quantitative estimate of drug-likeness (QED) is 0.392. The van der Waals surface area contributed by atoms with Crippen molar-refractivity contribution in [3.63, 3.8) is 0 Å². The normalized spacial score (nSPS) is 10.4. The van der Waals surface area contributed by atoms with Crippen molar-refractivity contribution in [1.82, 2.24) is 0 Å². The first-order valence-electron chi connectivity index (χ1n) is 8.84. The van der Waals surface area contributed by atoms with Crippen LogP contribution in [0, 0.1) is 0 Å². The summed E-state index contributed by atoms with van der Waals surface area (Å²) in [6.45, 7) is 0. The van der Waals surface area contributed by atoms with Gasteiger partial charge < -0.3 is 0 Å². The van der Waals surface area contributed by atoms with E-state index in [1.165, 1.54) is 0 Å². The first-order chi connectivity index (χ1) is 13.3. The second-order valence-electron chi connectivity index (χ2n) is 6.26. The van der Waals surface area contributed by atoms with Crippen molar-refractivity contribution in [1.29, 1.82) is 0 Å². The maximum Gasteiger partial charge on any atom is 0.321 e. The van der Waals surface area contributed by atoms with Crippen LogP contribution in [0.25, 0.3) is 22.3 Å². The highest BCUT2D eigenvalue weighted by molar-refractivity contribution is 5.89. The van der Waals surface area contributed by atoms with Gasteiger partial charge in [0, 0.05) is 0 Å². The van der Waals surface area contributed by atoms with E-state index in [4.69, 9.17) is 0 Å². The fraction of sp³-hybridized carbons (Fsp3) is 0. The Morgan fingerprint density at radius 2 is 0.889 bits per heavy atom. The molecule has 0 spiro atoms. The number of rotatable bonds is 5. The molecule has 0 atom stereocenters. The van der Waals surface area contributed by atoms with Gasteiger partial charge in [-0.3, -0.25) is 9.69 Å². The molecule has 4 aromatic carbocycles. The van der Waals surface area contributed by atoms with Crippen molar-refractivity contribution in [3.05, 3.63) is 109 Å². The fourth-order valence-electron chi connectivity index (χ4n) is 3.16. The summed E-state index contributed by atoms with van der Waals surface area (Å²) in [6, 6.07) is 36.1. The Morgan fingerprint density at radius 1 is 0.481 bits per heavy atom. The van der Waals surface area contributed by atoms with Crippen LogP contribution in [0.5, 0.6) is 0 Å². The van der Waals surface area contributed by atoms with Gasteiger partial charge in [0.05, 0.1) is 11.4 Å². The van der Waals surface area contributed by atoms with E-state index in [1.54, 1.807) is 4.90 Å². The van der Waals surface area contributed by atoms with E-state index >= 15 is 0 Å². The van der Waals surface area contributed by atoms with Gasteiger partial charge in [-0.1, -0.05) is 84.9 Å². The highest BCUT2D eigenvalue weighted by Crippen LogP contribution is 2.31. The van der Waals surface area contributed by atoms with Gasteiger partial charge in [-0.25, -0.2) is 0 Å². The Morgan fingerprint density at radius 3 is 1.30 bits per heavy atom. The van der Waals surface area contributed by atoms with Crippen LogP contribution in [0.3, 0.4) is 0 Å². The first kappa shape index (κ1) is 16.8. The van der Waals surface area contributed by atoms with Crippen LogP contribution in [0.2, 0.25) is 0 Å². The molecule has 0 saturated carbocycles. The zero-order valence-corrected chi connectivity index (χ0v) is 14.7. The van der Waals surface area contributed by atoms with Crippen LogP contribution in [-0.4, -0.2) is 6.41 Å². The Labute approximate surface area is 159 Å². The van der Waals surface area contributed by atoms with Crippen molar-refractivity contribution in [2.75, 3.05) is 4.90 Å². The molecule has 0 unspecified atom stereocenters. The Balaban J connectivity index is 1.72. The smallest absolute Gasteiger partial charge is 0.273 e. The third kappa shape index (κ3) is 3.65. The number of hydrogen-bond acceptors (Lipinski definition) is 1. The van der Waals surface area contributed by atoms with Gasteiger partial charge in [0.2, 0.25) is 0 Å². The predicted molar refractivity (Wildman–Crippen MR) is 112 cm³/mol. The van der Waals surface area contributed by atoms with Crippen LogP contribution in [-0.2, 0) is 4.79 Å². The molecule has 2 nitrogen and oxygen atoms in total. The number of amides is 1. The van der Waals surface area contributed by atoms with E-state index in [9.17, 15) is 4.79 Å². The molecule has 27 heavy (non-hydrogen) atoms. The standard InChI is InChI=1S/C25H18NO/c27-19-26(24-15-7-13-22(17-24)20-9-3-1-4-10-20)25-16-8-14-23(18-25)21-11-5-2-6-12-21/h1-18H. The molecule has 0 bridgehead atoms. The third-order valence-electron chi connectivity index (χ3n) is 4.51. The molecule has 0 aromatic heterocycles. The van der Waals surface area contributed by atoms with E-state index in [-0.39, 0.29) is 0 Å². The molecule has 0 heterocycles. The maximum atomic E-state index is 11.8. The summed E-state index contributed by atoms with van der Waals surface area (Å²) in [5, 5.41) is 0. The van der Waals surface area contributed by atoms with Gasteiger partial charge in [-0.05, 0) is 46.5 Å². The topological polar surface area (TPSA) is 20.3 Å². The number of carbonyl (C=O) groups excluding carboxylic acids is 1. The largest absolute Gasteiger partial charge is 0.321 e. The molecule has 0 fully saturated rings. The van der Waals surface area contributed by atoms with Gasteiger partial charge >= 0.3 is 6.41 Å². The Bertz CT molecular complexity index is 959. The molecule has 1 amide bonds. The van der Waals surface area contributed by atoms with E-state index < -0.39 is 0 Å². The molecular formula is C25H18NO. The van der Waals surface area contributed by atoms with Gasteiger partial charge in [0.25, 0.3) is 0 Å². The molecule has 2 heteroatoms. The lowest BCUT2D eigenvalue weighted by atomic mass is 10.0. The molecule has 0 aliphatic rings. The third-order valence-corrected chi connectivity index (χ3v) is 4.51. The summed E-state index contributed by atoms with van der Waals surface area (Å²) in [4.78, 5) is 13.4. The minimum absolute atomic E-state index is 0.788. The highest BCUT2D eigenvalue weighted by atomic mass is 16.1. The fourth-order valence-corrected chi connectivity index (χ4v) is 3.16. The summed E-state index contributed by atoms with van der Waals surface area (Å²) < 4.78 is 0. The highest BCUT2D eigenvalue weighted by Gasteiger charge is 2.11. The summed E-state index contributed by atoms with van der Waals surface area (Å²) >= 11 is 0. The number of anilines is 2. The summed E-state index contributed by atoms with van der Waals surface area (Å²) in [7, 11) is 0. The van der Waals surface area contributed by atoms with E-state index in [2.05, 4.69) is 30.7 Å². The summed E-state index contributed by atoms with van der Waals surface area (Å²) in [5.41, 5.74) is 5.93. The van der Waals surface area contributed by atoms with Crippen LogP contribution < -0.4 is 4.90 Å². The molecular weight excluding hydrogens is 330 g/mol. The van der Waals surface area contributed by atoms with E-state index in [0.29, 0.717) is 0 Å². The first-order valence-corrected chi connectivity index (χ1v) is 8.84. The molecule has 129 valence electrons. The van der Waals surface area contributed by atoms with Crippen LogP contribution in [0.15, 0.2) is 109 Å². The molecule has 0 N–H and O–H groups in total. The molecule has 1 radical (unpaired) electrons. The molecule has 0 aliphatic carbocycles. The van der Waals surface area contributed by atoms with E-state index in [0.717, 1.165) is 33.6 Å². The minimum atomic E-state index is 0.788. The summed E-state index contributed by atoms with van der Waals surface area (Å²) in [6.07, 6.45) is 2.08. The second kappa shape index (κ2) is 7.71. The van der Waals surface area contributed by atoms with Gasteiger partial charge in [0.15, 0.2) is 0 Å². The van der Waals surface area contributed by atoms with Crippen molar-refractivity contribution in [2.45, 2.75) is 0 Å². The second-order valence-corrected chi connectivity index (χ2v) is 6.26. The molecule has 0 saturated heterocycles. The van der Waals surface area contributed by atoms with Gasteiger partial charge in [-0.2, -0.15) is 0 Å². The van der Waals surface area contributed by atoms with Crippen LogP contribution >= 0.6 is 0 Å². The number of benzene rings is 4. The van der Waals surface area contributed by atoms with E-state index in [1.807, 2.05) is 84.9 Å². The lowest BCUT2D eigenvalue weighted by Gasteiger charge is -2.18. The SMILES string of the molecule is O=[C]N(c1cccc(-c2ccccc2)c1)c1cccc(-c2ccccc2)c1. The lowest BCUT2D eigenvalue weighted by Crippen LogP contribution is -2.13. The van der Waals surface area contributed by atoms with Crippen molar-refractivity contribution in [2.24, 2.45) is 0 Å². The monoisotopic (exact) mass is 348 g/mol. The van der Waals surface area contributed by atoms with Crippen LogP contribution in [0.1, 0.15) is 0 Å². The molecule has 4 aromatic rings. The van der Waals surface area contributed by atoms with Crippen molar-refractivity contribution < 1.29 is 4.79 Å². The summed E-state index contributed by atoms with van der Waals surface area (Å²) in [5.74, 6) is 0.